The van der Waals surface area contributed by atoms with Crippen molar-refractivity contribution in [1.29, 1.82) is 0 Å². The molecule has 2 heterocycles. The van der Waals surface area contributed by atoms with Crippen LogP contribution in [0.25, 0.3) is 10.9 Å². The van der Waals surface area contributed by atoms with E-state index in [-0.39, 0.29) is 5.92 Å². The Bertz CT molecular complexity index is 1170. The highest BCUT2D eigenvalue weighted by molar-refractivity contribution is 5.83. The molecule has 2 N–H and O–H groups in total. The second-order valence-electron chi connectivity index (χ2n) is 9.63. The molecule has 1 fully saturated rings. The summed E-state index contributed by atoms with van der Waals surface area (Å²) in [6, 6.07) is 15.6. The van der Waals surface area contributed by atoms with Gasteiger partial charge in [-0.15, -0.1) is 0 Å². The number of aromatic nitrogens is 1. The van der Waals surface area contributed by atoms with Gasteiger partial charge in [0.2, 0.25) is 0 Å². The highest BCUT2D eigenvalue weighted by Gasteiger charge is 2.34. The van der Waals surface area contributed by atoms with Crippen LogP contribution in [0.15, 0.2) is 54.7 Å². The van der Waals surface area contributed by atoms with Gasteiger partial charge in [-0.05, 0) is 98.6 Å². The number of rotatable bonds is 11. The lowest BCUT2D eigenvalue weighted by Crippen LogP contribution is -2.44. The zero-order valence-corrected chi connectivity index (χ0v) is 21.1. The fourth-order valence-electron chi connectivity index (χ4n) is 5.32. The largest absolute Gasteiger partial charge is 0.497 e. The quantitative estimate of drug-likeness (QED) is 0.400. The van der Waals surface area contributed by atoms with Crippen molar-refractivity contribution in [1.82, 2.24) is 9.88 Å². The molecule has 3 atom stereocenters. The number of ether oxygens (including phenoxy) is 2. The van der Waals surface area contributed by atoms with Crippen LogP contribution < -0.4 is 9.47 Å². The van der Waals surface area contributed by atoms with E-state index in [1.807, 2.05) is 36.4 Å². The van der Waals surface area contributed by atoms with Crippen LogP contribution in [0.5, 0.6) is 11.5 Å². The predicted octanol–water partition coefficient (Wildman–Crippen LogP) is 4.72. The van der Waals surface area contributed by atoms with Crippen LogP contribution in [-0.4, -0.2) is 59.9 Å². The molecule has 36 heavy (non-hydrogen) atoms. The van der Waals surface area contributed by atoms with Crippen LogP contribution in [0.2, 0.25) is 0 Å². The Hall–Kier alpha value is -3.16. The molecular weight excluding hydrogens is 456 g/mol. The summed E-state index contributed by atoms with van der Waals surface area (Å²) in [7, 11) is 3.29. The number of carboxylic acids is 1. The molecule has 0 amide bonds. The number of benzene rings is 2. The molecule has 1 aliphatic rings. The molecule has 7 nitrogen and oxygen atoms in total. The maximum Gasteiger partial charge on any atom is 0.308 e. The van der Waals surface area contributed by atoms with Crippen molar-refractivity contribution >= 4 is 16.9 Å². The van der Waals surface area contributed by atoms with Crippen molar-refractivity contribution < 1.29 is 24.5 Å². The fraction of sp³-hybridized carbons (Fsp3) is 0.448. The van der Waals surface area contributed by atoms with Crippen molar-refractivity contribution in [3.63, 3.8) is 0 Å². The minimum atomic E-state index is -0.744. The first-order chi connectivity index (χ1) is 17.5. The molecule has 1 aromatic heterocycles. The van der Waals surface area contributed by atoms with Crippen molar-refractivity contribution in [3.8, 4) is 11.5 Å². The first kappa shape index (κ1) is 25.9. The summed E-state index contributed by atoms with van der Waals surface area (Å²) in [6.07, 6.45) is 4.95. The number of pyridine rings is 1. The Kier molecular flexibility index (Phi) is 8.78. The fourth-order valence-corrected chi connectivity index (χ4v) is 5.32. The van der Waals surface area contributed by atoms with E-state index in [1.54, 1.807) is 20.4 Å². The second kappa shape index (κ2) is 12.2. The lowest BCUT2D eigenvalue weighted by atomic mass is 9.81. The Morgan fingerprint density at radius 1 is 1.14 bits per heavy atom. The molecule has 7 heteroatoms. The average Bonchev–Trinajstić information content (AvgIpc) is 2.91. The van der Waals surface area contributed by atoms with Crippen LogP contribution in [0.1, 0.15) is 42.9 Å². The third kappa shape index (κ3) is 6.33. The molecule has 0 spiro atoms. The average molecular weight is 493 g/mol. The third-order valence-corrected chi connectivity index (χ3v) is 7.38. The normalized spacial score (nSPS) is 19.2. The van der Waals surface area contributed by atoms with Gasteiger partial charge in [-0.3, -0.25) is 9.78 Å². The highest BCUT2D eigenvalue weighted by Crippen LogP contribution is 2.34. The van der Waals surface area contributed by atoms with Gasteiger partial charge in [0.15, 0.2) is 0 Å². The van der Waals surface area contributed by atoms with Gasteiger partial charge in [-0.25, -0.2) is 0 Å². The number of methoxy groups -OCH3 is 2. The van der Waals surface area contributed by atoms with Crippen molar-refractivity contribution in [2.75, 3.05) is 33.9 Å². The molecule has 0 radical (unpaired) electrons. The van der Waals surface area contributed by atoms with Crippen molar-refractivity contribution in [3.05, 3.63) is 65.9 Å². The number of hydrogen-bond acceptors (Lipinski definition) is 6. The first-order valence-corrected chi connectivity index (χ1v) is 12.7. The van der Waals surface area contributed by atoms with E-state index in [1.165, 1.54) is 5.56 Å². The van der Waals surface area contributed by atoms with E-state index in [2.05, 4.69) is 22.0 Å². The second-order valence-corrected chi connectivity index (χ2v) is 9.63. The highest BCUT2D eigenvalue weighted by atomic mass is 16.5. The summed E-state index contributed by atoms with van der Waals surface area (Å²) in [5, 5.41) is 21.8. The van der Waals surface area contributed by atoms with Crippen molar-refractivity contribution in [2.45, 2.75) is 38.2 Å². The van der Waals surface area contributed by atoms with Gasteiger partial charge < -0.3 is 24.6 Å². The Morgan fingerprint density at radius 2 is 1.94 bits per heavy atom. The monoisotopic (exact) mass is 492 g/mol. The molecular formula is C29H36N2O5. The van der Waals surface area contributed by atoms with Gasteiger partial charge in [0.05, 0.1) is 31.8 Å². The number of carbonyl (C=O) groups is 1. The summed E-state index contributed by atoms with van der Waals surface area (Å²) in [6.45, 7) is 2.32. The van der Waals surface area contributed by atoms with Gasteiger partial charge in [0, 0.05) is 18.1 Å². The van der Waals surface area contributed by atoms with Gasteiger partial charge in [0.25, 0.3) is 0 Å². The lowest BCUT2D eigenvalue weighted by Gasteiger charge is -2.37. The zero-order chi connectivity index (χ0) is 25.5. The number of aliphatic carboxylic acids is 1. The summed E-state index contributed by atoms with van der Waals surface area (Å²) in [5.74, 6) is 0.464. The maximum absolute atomic E-state index is 12.1. The summed E-state index contributed by atoms with van der Waals surface area (Å²) >= 11 is 0. The number of fused-ring (bicyclic) bond motifs is 1. The molecule has 1 aliphatic heterocycles. The Balaban J connectivity index is 1.32. The molecule has 1 saturated heterocycles. The molecule has 0 unspecified atom stereocenters. The van der Waals surface area contributed by atoms with E-state index in [0.29, 0.717) is 25.1 Å². The molecule has 3 aromatic rings. The number of carboxylic acid groups (broad SMARTS) is 1. The standard InChI is InChI=1S/C29H36N2O5/c1-35-22-7-3-5-20(17-22)6-4-15-31-16-13-21(26(19-31)29(33)34)8-11-28(32)24-12-14-30-27-10-9-23(36-2)18-25(24)27/h3,5,7,9-10,12,14,17-18,21,26,28,32H,4,6,8,11,13,15-16,19H2,1-2H3,(H,33,34)/t21-,26+,28+/m1/s1. The van der Waals surface area contributed by atoms with Crippen molar-refractivity contribution in [2.24, 2.45) is 11.8 Å². The maximum atomic E-state index is 12.1. The van der Waals surface area contributed by atoms with Crippen LogP contribution in [-0.2, 0) is 11.2 Å². The first-order valence-electron chi connectivity index (χ1n) is 12.7. The van der Waals surface area contributed by atoms with E-state index < -0.39 is 18.0 Å². The van der Waals surface area contributed by atoms with E-state index in [9.17, 15) is 15.0 Å². The topological polar surface area (TPSA) is 92.1 Å². The van der Waals surface area contributed by atoms with Gasteiger partial charge in [-0.2, -0.15) is 0 Å². The summed E-state index contributed by atoms with van der Waals surface area (Å²) in [5.41, 5.74) is 2.84. The van der Waals surface area contributed by atoms with Crippen LogP contribution in [0.3, 0.4) is 0 Å². The number of likely N-dealkylation sites (tertiary alicyclic amines) is 1. The number of aliphatic hydroxyl groups is 1. The molecule has 0 bridgehead atoms. The molecule has 0 aliphatic carbocycles. The Morgan fingerprint density at radius 3 is 2.72 bits per heavy atom. The molecule has 2 aromatic carbocycles. The van der Waals surface area contributed by atoms with E-state index >= 15 is 0 Å². The number of piperidine rings is 1. The number of aliphatic hydroxyl groups excluding tert-OH is 1. The smallest absolute Gasteiger partial charge is 0.308 e. The van der Waals surface area contributed by atoms with Gasteiger partial charge in [-0.1, -0.05) is 12.1 Å². The minimum Gasteiger partial charge on any atom is -0.497 e. The minimum absolute atomic E-state index is 0.0504. The lowest BCUT2D eigenvalue weighted by molar-refractivity contribution is -0.146. The number of aryl methyl sites for hydroxylation is 1. The van der Waals surface area contributed by atoms with E-state index in [4.69, 9.17) is 9.47 Å². The van der Waals surface area contributed by atoms with Crippen LogP contribution in [0, 0.1) is 11.8 Å². The van der Waals surface area contributed by atoms with Crippen LogP contribution in [0.4, 0.5) is 0 Å². The van der Waals surface area contributed by atoms with E-state index in [0.717, 1.165) is 54.6 Å². The third-order valence-electron chi connectivity index (χ3n) is 7.38. The summed E-state index contributed by atoms with van der Waals surface area (Å²) < 4.78 is 10.6. The van der Waals surface area contributed by atoms with Gasteiger partial charge in [0.1, 0.15) is 11.5 Å². The van der Waals surface area contributed by atoms with Crippen LogP contribution >= 0.6 is 0 Å². The SMILES string of the molecule is COc1cccc(CCCN2CC[C@@H](CC[C@H](O)c3ccnc4ccc(OC)cc34)[C@@H](C(=O)O)C2)c1. The number of nitrogens with zero attached hydrogens (tertiary/aromatic N) is 2. The Labute approximate surface area is 212 Å². The van der Waals surface area contributed by atoms with Gasteiger partial charge >= 0.3 is 5.97 Å². The molecule has 4 rings (SSSR count). The zero-order valence-electron chi connectivity index (χ0n) is 21.1. The molecule has 0 saturated carbocycles. The number of hydrogen-bond donors (Lipinski definition) is 2. The summed E-state index contributed by atoms with van der Waals surface area (Å²) in [4.78, 5) is 18.8. The molecule has 192 valence electrons. The predicted molar refractivity (Wildman–Crippen MR) is 139 cm³/mol.